The number of rotatable bonds is 6. The van der Waals surface area contributed by atoms with Crippen LogP contribution in [0.5, 0.6) is 0 Å². The van der Waals surface area contributed by atoms with E-state index >= 15 is 0 Å². The van der Waals surface area contributed by atoms with Crippen LogP contribution in [-0.4, -0.2) is 50.8 Å². The van der Waals surface area contributed by atoms with Crippen LogP contribution in [0, 0.1) is 0 Å². The first kappa shape index (κ1) is 15.5. The van der Waals surface area contributed by atoms with E-state index in [0.717, 1.165) is 0 Å². The van der Waals surface area contributed by atoms with Crippen molar-refractivity contribution >= 4 is 11.9 Å². The third kappa shape index (κ3) is 5.27. The molecule has 0 saturated heterocycles. The first-order chi connectivity index (χ1) is 9.04. The van der Waals surface area contributed by atoms with E-state index in [1.54, 1.807) is 6.08 Å². The lowest BCUT2D eigenvalue weighted by Crippen LogP contribution is -2.47. The average molecular weight is 274 g/mol. The lowest BCUT2D eigenvalue weighted by Gasteiger charge is -2.33. The Morgan fingerprint density at radius 1 is 1.26 bits per heavy atom. The van der Waals surface area contributed by atoms with Crippen LogP contribution in [0.4, 0.5) is 0 Å². The highest BCUT2D eigenvalue weighted by atomic mass is 16.7. The van der Waals surface area contributed by atoms with Gasteiger partial charge in [0.15, 0.2) is 12.2 Å². The first-order valence-electron chi connectivity index (χ1n) is 5.78. The molecule has 0 radical (unpaired) electrons. The van der Waals surface area contributed by atoms with Crippen molar-refractivity contribution in [2.24, 2.45) is 0 Å². The Morgan fingerprint density at radius 2 is 2.00 bits per heavy atom. The number of hydrogen-bond donors (Lipinski definition) is 0. The zero-order chi connectivity index (χ0) is 14.3. The van der Waals surface area contributed by atoms with Gasteiger partial charge in [-0.05, 0) is 6.08 Å². The fourth-order valence-corrected chi connectivity index (χ4v) is 1.60. The summed E-state index contributed by atoms with van der Waals surface area (Å²) in [5.74, 6) is -0.860. The fourth-order valence-electron chi connectivity index (χ4n) is 1.60. The minimum absolute atomic E-state index is 0.00577. The molecule has 1 aliphatic heterocycles. The summed E-state index contributed by atoms with van der Waals surface area (Å²) in [6.07, 6.45) is 1.18. The first-order valence-corrected chi connectivity index (χ1v) is 5.78. The van der Waals surface area contributed by atoms with E-state index in [1.165, 1.54) is 27.2 Å². The summed E-state index contributed by atoms with van der Waals surface area (Å²) >= 11 is 0. The Bertz CT molecular complexity index is 339. The van der Waals surface area contributed by atoms with Crippen LogP contribution >= 0.6 is 0 Å². The summed E-state index contributed by atoms with van der Waals surface area (Å²) in [5, 5.41) is 0. The number of esters is 2. The fraction of sp³-hybridized carbons (Fsp3) is 0.667. The van der Waals surface area contributed by atoms with Crippen LogP contribution in [0.15, 0.2) is 12.3 Å². The maximum atomic E-state index is 11.0. The van der Waals surface area contributed by atoms with Gasteiger partial charge >= 0.3 is 11.9 Å². The molecule has 0 saturated carbocycles. The molecule has 1 rings (SSSR count). The predicted molar refractivity (Wildman–Crippen MR) is 62.9 cm³/mol. The molecular formula is C12H18O7. The van der Waals surface area contributed by atoms with Gasteiger partial charge in [-0.1, -0.05) is 0 Å². The van der Waals surface area contributed by atoms with Gasteiger partial charge in [-0.15, -0.1) is 0 Å². The summed E-state index contributed by atoms with van der Waals surface area (Å²) in [6.45, 7) is 2.62. The van der Waals surface area contributed by atoms with Gasteiger partial charge in [0.25, 0.3) is 0 Å². The quantitative estimate of drug-likeness (QED) is 0.511. The zero-order valence-electron chi connectivity index (χ0n) is 11.2. The van der Waals surface area contributed by atoms with E-state index in [-0.39, 0.29) is 13.4 Å². The molecule has 0 amide bonds. The van der Waals surface area contributed by atoms with E-state index < -0.39 is 30.3 Å². The smallest absolute Gasteiger partial charge is 0.303 e. The molecule has 7 heteroatoms. The molecule has 1 aliphatic rings. The monoisotopic (exact) mass is 274 g/mol. The van der Waals surface area contributed by atoms with Gasteiger partial charge in [0.05, 0.1) is 6.26 Å². The SMILES string of the molecule is COCO[C@H]1[C@H](OC(C)=O)C=CO[C@@H]1COC(C)=O. The molecule has 0 aromatic carbocycles. The molecule has 3 atom stereocenters. The highest BCUT2D eigenvalue weighted by Crippen LogP contribution is 2.19. The van der Waals surface area contributed by atoms with Crippen LogP contribution in [0.1, 0.15) is 13.8 Å². The second kappa shape index (κ2) is 7.75. The Kier molecular flexibility index (Phi) is 6.31. The van der Waals surface area contributed by atoms with Crippen LogP contribution in [-0.2, 0) is 33.3 Å². The lowest BCUT2D eigenvalue weighted by atomic mass is 10.1. The van der Waals surface area contributed by atoms with Crippen LogP contribution in [0.25, 0.3) is 0 Å². The van der Waals surface area contributed by atoms with Crippen LogP contribution < -0.4 is 0 Å². The lowest BCUT2D eigenvalue weighted by molar-refractivity contribution is -0.184. The summed E-state index contributed by atoms with van der Waals surface area (Å²) < 4.78 is 25.6. The second-order valence-corrected chi connectivity index (χ2v) is 3.92. The maximum Gasteiger partial charge on any atom is 0.303 e. The van der Waals surface area contributed by atoms with Gasteiger partial charge in [0, 0.05) is 21.0 Å². The molecule has 0 bridgehead atoms. The average Bonchev–Trinajstić information content (AvgIpc) is 2.34. The maximum absolute atomic E-state index is 11.0. The van der Waals surface area contributed by atoms with E-state index in [0.29, 0.717) is 0 Å². The predicted octanol–water partition coefficient (Wildman–Crippen LogP) is 0.383. The van der Waals surface area contributed by atoms with Crippen molar-refractivity contribution in [3.8, 4) is 0 Å². The van der Waals surface area contributed by atoms with Crippen molar-refractivity contribution in [1.29, 1.82) is 0 Å². The van der Waals surface area contributed by atoms with Crippen molar-refractivity contribution in [3.63, 3.8) is 0 Å². The number of methoxy groups -OCH3 is 1. The molecule has 7 nitrogen and oxygen atoms in total. The zero-order valence-corrected chi connectivity index (χ0v) is 11.2. The minimum atomic E-state index is -0.609. The summed E-state index contributed by atoms with van der Waals surface area (Å²) in [6, 6.07) is 0. The molecule has 0 N–H and O–H groups in total. The van der Waals surface area contributed by atoms with E-state index in [2.05, 4.69) is 0 Å². The standard InChI is InChI=1S/C12H18O7/c1-8(13)17-6-11-12(18-7-15-3)10(4-5-16-11)19-9(2)14/h4-5,10-12H,6-7H2,1-3H3/t10-,11-,12+/m1/s1. The molecule has 0 spiro atoms. The van der Waals surface area contributed by atoms with Gasteiger partial charge in [-0.3, -0.25) is 9.59 Å². The molecule has 0 unspecified atom stereocenters. The van der Waals surface area contributed by atoms with Crippen molar-refractivity contribution in [3.05, 3.63) is 12.3 Å². The van der Waals surface area contributed by atoms with E-state index in [4.69, 9.17) is 23.7 Å². The van der Waals surface area contributed by atoms with Gasteiger partial charge in [0.2, 0.25) is 0 Å². The highest BCUT2D eigenvalue weighted by molar-refractivity contribution is 5.66. The number of carbonyl (C=O) groups excluding carboxylic acids is 2. The summed E-state index contributed by atoms with van der Waals surface area (Å²) in [5.41, 5.74) is 0. The van der Waals surface area contributed by atoms with Crippen LogP contribution in [0.3, 0.4) is 0 Å². The molecule has 0 aromatic rings. The molecule has 0 fully saturated rings. The van der Waals surface area contributed by atoms with Crippen molar-refractivity contribution in [1.82, 2.24) is 0 Å². The number of ether oxygens (including phenoxy) is 5. The molecule has 1 heterocycles. The van der Waals surface area contributed by atoms with Gasteiger partial charge in [0.1, 0.15) is 19.5 Å². The molecule has 0 aliphatic carbocycles. The third-order valence-corrected chi connectivity index (χ3v) is 2.34. The Hall–Kier alpha value is -1.60. The normalized spacial score (nSPS) is 25.5. The Morgan fingerprint density at radius 3 is 2.58 bits per heavy atom. The molecule has 0 aromatic heterocycles. The highest BCUT2D eigenvalue weighted by Gasteiger charge is 2.36. The Balaban J connectivity index is 2.68. The van der Waals surface area contributed by atoms with E-state index in [1.807, 2.05) is 0 Å². The number of carbonyl (C=O) groups is 2. The minimum Gasteiger partial charge on any atom is -0.492 e. The molecular weight excluding hydrogens is 256 g/mol. The third-order valence-electron chi connectivity index (χ3n) is 2.34. The second-order valence-electron chi connectivity index (χ2n) is 3.92. The van der Waals surface area contributed by atoms with Gasteiger partial charge in [-0.2, -0.15) is 0 Å². The van der Waals surface area contributed by atoms with Crippen molar-refractivity contribution in [2.75, 3.05) is 20.5 Å². The van der Waals surface area contributed by atoms with Gasteiger partial charge < -0.3 is 23.7 Å². The Labute approximate surface area is 111 Å². The van der Waals surface area contributed by atoms with Gasteiger partial charge in [-0.25, -0.2) is 0 Å². The topological polar surface area (TPSA) is 80.3 Å². The molecule has 19 heavy (non-hydrogen) atoms. The van der Waals surface area contributed by atoms with Crippen molar-refractivity contribution < 1.29 is 33.3 Å². The van der Waals surface area contributed by atoms with E-state index in [9.17, 15) is 9.59 Å². The summed E-state index contributed by atoms with van der Waals surface area (Å²) in [7, 11) is 1.47. The van der Waals surface area contributed by atoms with Crippen molar-refractivity contribution in [2.45, 2.75) is 32.2 Å². The largest absolute Gasteiger partial charge is 0.492 e. The molecule has 108 valence electrons. The number of hydrogen-bond acceptors (Lipinski definition) is 7. The van der Waals surface area contributed by atoms with Crippen LogP contribution in [0.2, 0.25) is 0 Å². The summed E-state index contributed by atoms with van der Waals surface area (Å²) in [4.78, 5) is 21.9.